The Morgan fingerprint density at radius 2 is 2.20 bits per heavy atom. The van der Waals surface area contributed by atoms with Gasteiger partial charge in [0.15, 0.2) is 0 Å². The first kappa shape index (κ1) is 16.3. The van der Waals surface area contributed by atoms with Gasteiger partial charge in [-0.1, -0.05) is 23.4 Å². The topological polar surface area (TPSA) is 51.2 Å². The largest absolute Gasteiger partial charge is 0.444 e. The lowest BCUT2D eigenvalue weighted by Crippen LogP contribution is -2.32. The molecule has 108 valence electrons. The summed E-state index contributed by atoms with van der Waals surface area (Å²) in [7, 11) is 0. The minimum Gasteiger partial charge on any atom is -0.444 e. The Hall–Kier alpha value is -1.73. The zero-order valence-electron chi connectivity index (χ0n) is 12.2. The smallest absolute Gasteiger partial charge is 0.407 e. The van der Waals surface area contributed by atoms with Crippen LogP contribution >= 0.6 is 11.6 Å². The summed E-state index contributed by atoms with van der Waals surface area (Å²) in [5.74, 6) is 5.98. The fraction of sp³-hybridized carbons (Fsp3) is 0.467. The zero-order chi connectivity index (χ0) is 15.2. The molecule has 1 aromatic heterocycles. The Morgan fingerprint density at radius 1 is 1.50 bits per heavy atom. The van der Waals surface area contributed by atoms with Crippen LogP contribution in [-0.4, -0.2) is 23.2 Å². The standard InChI is InChI=1S/C15H19ClN2O2/c1-11-9-13(16)18-10-12(11)7-5-6-8-17-14(19)20-15(2,3)4/h9-10H,6,8H2,1-4H3,(H,17,19). The first-order chi connectivity index (χ1) is 9.28. The lowest BCUT2D eigenvalue weighted by Gasteiger charge is -2.19. The van der Waals surface area contributed by atoms with E-state index in [1.54, 1.807) is 12.3 Å². The average Bonchev–Trinajstić information content (AvgIpc) is 2.28. The maximum absolute atomic E-state index is 11.4. The Bertz CT molecular complexity index is 539. The van der Waals surface area contributed by atoms with Gasteiger partial charge in [0, 0.05) is 24.7 Å². The molecule has 0 fully saturated rings. The van der Waals surface area contributed by atoms with Gasteiger partial charge < -0.3 is 10.1 Å². The summed E-state index contributed by atoms with van der Waals surface area (Å²) in [6, 6.07) is 1.77. The number of rotatable bonds is 2. The molecule has 0 unspecified atom stereocenters. The van der Waals surface area contributed by atoms with Crippen molar-refractivity contribution in [2.75, 3.05) is 6.54 Å². The van der Waals surface area contributed by atoms with Crippen molar-refractivity contribution in [3.8, 4) is 11.8 Å². The first-order valence-corrected chi connectivity index (χ1v) is 6.73. The monoisotopic (exact) mass is 294 g/mol. The van der Waals surface area contributed by atoms with Gasteiger partial charge in [-0.25, -0.2) is 9.78 Å². The summed E-state index contributed by atoms with van der Waals surface area (Å²) in [4.78, 5) is 15.4. The highest BCUT2D eigenvalue weighted by Crippen LogP contribution is 2.10. The van der Waals surface area contributed by atoms with E-state index in [1.165, 1.54) is 0 Å². The Labute approximate surface area is 124 Å². The number of ether oxygens (including phenoxy) is 1. The van der Waals surface area contributed by atoms with Crippen LogP contribution in [0.5, 0.6) is 0 Å². The normalized spacial score (nSPS) is 10.4. The first-order valence-electron chi connectivity index (χ1n) is 6.36. The van der Waals surface area contributed by atoms with Gasteiger partial charge >= 0.3 is 6.09 Å². The van der Waals surface area contributed by atoms with Crippen LogP contribution in [0.2, 0.25) is 5.15 Å². The van der Waals surface area contributed by atoms with E-state index in [0.29, 0.717) is 18.1 Å². The van der Waals surface area contributed by atoms with Gasteiger partial charge in [-0.05, 0) is 39.3 Å². The van der Waals surface area contributed by atoms with Gasteiger partial charge in [0.05, 0.1) is 0 Å². The van der Waals surface area contributed by atoms with Crippen LogP contribution in [0, 0.1) is 18.8 Å². The number of carbonyl (C=O) groups is 1. The lowest BCUT2D eigenvalue weighted by atomic mass is 10.1. The van der Waals surface area contributed by atoms with Crippen molar-refractivity contribution in [2.45, 2.75) is 39.7 Å². The molecule has 0 aromatic carbocycles. The van der Waals surface area contributed by atoms with Crippen molar-refractivity contribution in [1.82, 2.24) is 10.3 Å². The van der Waals surface area contributed by atoms with E-state index in [0.717, 1.165) is 11.1 Å². The Morgan fingerprint density at radius 3 is 2.80 bits per heavy atom. The van der Waals surface area contributed by atoms with Gasteiger partial charge in [-0.2, -0.15) is 0 Å². The van der Waals surface area contributed by atoms with Crippen molar-refractivity contribution < 1.29 is 9.53 Å². The molecule has 1 aromatic rings. The molecule has 4 nitrogen and oxygen atoms in total. The summed E-state index contributed by atoms with van der Waals surface area (Å²) in [6.07, 6.45) is 1.76. The highest BCUT2D eigenvalue weighted by Gasteiger charge is 2.15. The third-order valence-corrected chi connectivity index (χ3v) is 2.43. The molecule has 0 saturated carbocycles. The number of pyridine rings is 1. The van der Waals surface area contributed by atoms with Crippen LogP contribution in [0.15, 0.2) is 12.3 Å². The number of aryl methyl sites for hydroxylation is 1. The number of amides is 1. The number of hydrogen-bond donors (Lipinski definition) is 1. The molecule has 0 saturated heterocycles. The van der Waals surface area contributed by atoms with E-state index < -0.39 is 11.7 Å². The molecule has 0 spiro atoms. The Kier molecular flexibility index (Phi) is 5.84. The lowest BCUT2D eigenvalue weighted by molar-refractivity contribution is 0.0529. The van der Waals surface area contributed by atoms with Crippen LogP contribution in [0.4, 0.5) is 4.79 Å². The molecule has 0 radical (unpaired) electrons. The maximum Gasteiger partial charge on any atom is 0.407 e. The molecular weight excluding hydrogens is 276 g/mol. The summed E-state index contributed by atoms with van der Waals surface area (Å²) in [6.45, 7) is 7.84. The number of alkyl carbamates (subject to hydrolysis) is 1. The minimum atomic E-state index is -0.484. The number of nitrogens with one attached hydrogen (secondary N) is 1. The van der Waals surface area contributed by atoms with Crippen molar-refractivity contribution in [2.24, 2.45) is 0 Å². The van der Waals surface area contributed by atoms with Gasteiger partial charge in [0.1, 0.15) is 10.8 Å². The summed E-state index contributed by atoms with van der Waals surface area (Å²) < 4.78 is 5.11. The molecule has 0 bridgehead atoms. The maximum atomic E-state index is 11.4. The molecule has 5 heteroatoms. The van der Waals surface area contributed by atoms with E-state index in [-0.39, 0.29) is 0 Å². The fourth-order valence-electron chi connectivity index (χ4n) is 1.35. The zero-order valence-corrected chi connectivity index (χ0v) is 13.0. The van der Waals surface area contributed by atoms with Crippen LogP contribution in [-0.2, 0) is 4.74 Å². The van der Waals surface area contributed by atoms with E-state index in [1.807, 2.05) is 27.7 Å². The molecule has 0 atom stereocenters. The molecule has 0 aliphatic carbocycles. The summed E-state index contributed by atoms with van der Waals surface area (Å²) >= 11 is 5.77. The number of carbonyl (C=O) groups excluding carboxylic acids is 1. The van der Waals surface area contributed by atoms with Crippen molar-refractivity contribution >= 4 is 17.7 Å². The number of halogens is 1. The third kappa shape index (κ3) is 6.44. The van der Waals surface area contributed by atoms with E-state index >= 15 is 0 Å². The molecule has 1 amide bonds. The van der Waals surface area contributed by atoms with Crippen LogP contribution in [0.25, 0.3) is 0 Å². The SMILES string of the molecule is Cc1cc(Cl)ncc1C#CCCNC(=O)OC(C)(C)C. The molecule has 1 N–H and O–H groups in total. The van der Waals surface area contributed by atoms with Crippen LogP contribution in [0.3, 0.4) is 0 Å². The Balaban J connectivity index is 2.38. The number of aromatic nitrogens is 1. The van der Waals surface area contributed by atoms with Gasteiger partial charge in [0.2, 0.25) is 0 Å². The number of nitrogens with zero attached hydrogens (tertiary/aromatic N) is 1. The molecule has 0 aliphatic heterocycles. The summed E-state index contributed by atoms with van der Waals surface area (Å²) in [5.41, 5.74) is 1.34. The highest BCUT2D eigenvalue weighted by atomic mass is 35.5. The highest BCUT2D eigenvalue weighted by molar-refractivity contribution is 6.29. The minimum absolute atomic E-state index is 0.427. The second kappa shape index (κ2) is 7.16. The predicted molar refractivity (Wildman–Crippen MR) is 79.7 cm³/mol. The fourth-order valence-corrected chi connectivity index (χ4v) is 1.56. The molecular formula is C15H19ClN2O2. The van der Waals surface area contributed by atoms with Gasteiger partial charge in [-0.3, -0.25) is 0 Å². The average molecular weight is 295 g/mol. The van der Waals surface area contributed by atoms with E-state index in [4.69, 9.17) is 16.3 Å². The predicted octanol–water partition coefficient (Wildman–Crippen LogP) is 3.31. The van der Waals surface area contributed by atoms with Gasteiger partial charge in [0.25, 0.3) is 0 Å². The number of hydrogen-bond acceptors (Lipinski definition) is 3. The second-order valence-corrected chi connectivity index (χ2v) is 5.69. The second-order valence-electron chi connectivity index (χ2n) is 5.30. The third-order valence-electron chi connectivity index (χ3n) is 2.22. The van der Waals surface area contributed by atoms with Crippen molar-refractivity contribution in [3.63, 3.8) is 0 Å². The van der Waals surface area contributed by atoms with E-state index in [2.05, 4.69) is 22.1 Å². The van der Waals surface area contributed by atoms with E-state index in [9.17, 15) is 4.79 Å². The molecule has 1 heterocycles. The van der Waals surface area contributed by atoms with Crippen LogP contribution in [0.1, 0.15) is 38.3 Å². The molecule has 0 aliphatic rings. The molecule has 1 rings (SSSR count). The quantitative estimate of drug-likeness (QED) is 0.517. The molecule has 20 heavy (non-hydrogen) atoms. The van der Waals surface area contributed by atoms with Crippen LogP contribution < -0.4 is 5.32 Å². The summed E-state index contributed by atoms with van der Waals surface area (Å²) in [5, 5.41) is 3.11. The van der Waals surface area contributed by atoms with Crippen molar-refractivity contribution in [3.05, 3.63) is 28.5 Å². The van der Waals surface area contributed by atoms with Crippen molar-refractivity contribution in [1.29, 1.82) is 0 Å². The van der Waals surface area contributed by atoms with Gasteiger partial charge in [-0.15, -0.1) is 0 Å².